The first-order valence-electron chi connectivity index (χ1n) is 8.56. The lowest BCUT2D eigenvalue weighted by Gasteiger charge is -2.10. The van der Waals surface area contributed by atoms with E-state index in [1.54, 1.807) is 55.6 Å². The molecule has 3 aromatic rings. The molecule has 3 rings (SSSR count). The van der Waals surface area contributed by atoms with Crippen LogP contribution in [-0.2, 0) is 0 Å². The lowest BCUT2D eigenvalue weighted by molar-refractivity contribution is 0.102. The van der Waals surface area contributed by atoms with Gasteiger partial charge in [0.15, 0.2) is 0 Å². The Kier molecular flexibility index (Phi) is 6.29. The van der Waals surface area contributed by atoms with Gasteiger partial charge in [0, 0.05) is 17.4 Å². The topological polar surface area (TPSA) is 85.4 Å². The highest BCUT2D eigenvalue weighted by Gasteiger charge is 2.10. The predicted octanol–water partition coefficient (Wildman–Crippen LogP) is 4.53. The van der Waals surface area contributed by atoms with Gasteiger partial charge >= 0.3 is 0 Å². The van der Waals surface area contributed by atoms with Crippen LogP contribution in [-0.4, -0.2) is 29.6 Å². The summed E-state index contributed by atoms with van der Waals surface area (Å²) in [5.74, 6) is 1.44. The first-order valence-corrected chi connectivity index (χ1v) is 8.93. The van der Waals surface area contributed by atoms with E-state index in [0.29, 0.717) is 34.6 Å². The molecule has 0 unspecified atom stereocenters. The number of carbonyl (C=O) groups excluding carboxylic acids is 1. The van der Waals surface area contributed by atoms with Crippen molar-refractivity contribution >= 4 is 34.7 Å². The highest BCUT2D eigenvalue weighted by molar-refractivity contribution is 6.32. The lowest BCUT2D eigenvalue weighted by atomic mass is 10.2. The molecule has 1 aromatic heterocycles. The highest BCUT2D eigenvalue weighted by Crippen LogP contribution is 2.28. The van der Waals surface area contributed by atoms with Gasteiger partial charge < -0.3 is 20.1 Å². The lowest BCUT2D eigenvalue weighted by Crippen LogP contribution is -2.14. The molecule has 0 fully saturated rings. The number of hydrogen-bond donors (Lipinski definition) is 2. The Labute approximate surface area is 167 Å². The van der Waals surface area contributed by atoms with Crippen LogP contribution in [0.2, 0.25) is 5.02 Å². The van der Waals surface area contributed by atoms with E-state index in [4.69, 9.17) is 21.1 Å². The molecule has 0 aliphatic rings. The molecule has 2 aromatic carbocycles. The van der Waals surface area contributed by atoms with E-state index in [1.165, 1.54) is 6.33 Å². The average molecular weight is 399 g/mol. The zero-order valence-corrected chi connectivity index (χ0v) is 16.2. The van der Waals surface area contributed by atoms with Crippen molar-refractivity contribution in [2.24, 2.45) is 0 Å². The number of aromatic nitrogens is 2. The van der Waals surface area contributed by atoms with Crippen LogP contribution >= 0.6 is 11.6 Å². The van der Waals surface area contributed by atoms with Gasteiger partial charge in [-0.05, 0) is 49.4 Å². The number of carbonyl (C=O) groups is 1. The van der Waals surface area contributed by atoms with E-state index in [0.717, 1.165) is 5.75 Å². The number of anilines is 3. The number of rotatable bonds is 7. The van der Waals surface area contributed by atoms with Gasteiger partial charge in [-0.2, -0.15) is 0 Å². The summed E-state index contributed by atoms with van der Waals surface area (Å²) in [6.07, 6.45) is 1.32. The Hall–Kier alpha value is -3.32. The van der Waals surface area contributed by atoms with Crippen LogP contribution in [0.4, 0.5) is 17.2 Å². The van der Waals surface area contributed by atoms with E-state index in [-0.39, 0.29) is 11.6 Å². The molecule has 0 aliphatic carbocycles. The summed E-state index contributed by atoms with van der Waals surface area (Å²) in [4.78, 5) is 20.6. The molecule has 8 heteroatoms. The summed E-state index contributed by atoms with van der Waals surface area (Å²) in [7, 11) is 1.55. The zero-order chi connectivity index (χ0) is 19.9. The number of halogens is 1. The second-order valence-corrected chi connectivity index (χ2v) is 6.08. The van der Waals surface area contributed by atoms with Gasteiger partial charge in [-0.15, -0.1) is 0 Å². The molecule has 144 valence electrons. The molecular weight excluding hydrogens is 380 g/mol. The van der Waals surface area contributed by atoms with Gasteiger partial charge in [0.05, 0.1) is 18.7 Å². The van der Waals surface area contributed by atoms with Gasteiger partial charge in [-0.1, -0.05) is 11.6 Å². The molecule has 28 heavy (non-hydrogen) atoms. The largest absolute Gasteiger partial charge is 0.495 e. The van der Waals surface area contributed by atoms with Crippen LogP contribution in [0.15, 0.2) is 54.9 Å². The Morgan fingerprint density at radius 3 is 2.50 bits per heavy atom. The van der Waals surface area contributed by atoms with E-state index >= 15 is 0 Å². The molecule has 0 saturated heterocycles. The molecular formula is C20H19ClN4O3. The van der Waals surface area contributed by atoms with Crippen molar-refractivity contribution in [2.45, 2.75) is 6.92 Å². The number of amides is 1. The van der Waals surface area contributed by atoms with E-state index < -0.39 is 0 Å². The maximum Gasteiger partial charge on any atom is 0.274 e. The molecule has 0 saturated carbocycles. The normalized spacial score (nSPS) is 10.2. The van der Waals surface area contributed by atoms with E-state index in [9.17, 15) is 4.79 Å². The van der Waals surface area contributed by atoms with Crippen molar-refractivity contribution in [3.63, 3.8) is 0 Å². The van der Waals surface area contributed by atoms with E-state index in [1.807, 2.05) is 6.92 Å². The molecule has 0 radical (unpaired) electrons. The van der Waals surface area contributed by atoms with Gasteiger partial charge in [-0.25, -0.2) is 9.97 Å². The van der Waals surface area contributed by atoms with Crippen molar-refractivity contribution in [3.05, 3.63) is 65.6 Å². The number of nitrogens with zero attached hydrogens (tertiary/aromatic N) is 2. The summed E-state index contributed by atoms with van der Waals surface area (Å²) >= 11 is 6.13. The summed E-state index contributed by atoms with van der Waals surface area (Å²) in [6, 6.07) is 13.9. The van der Waals surface area contributed by atoms with Gasteiger partial charge in [0.2, 0.25) is 0 Å². The minimum atomic E-state index is -0.345. The maximum absolute atomic E-state index is 12.5. The predicted molar refractivity (Wildman–Crippen MR) is 109 cm³/mol. The fourth-order valence-electron chi connectivity index (χ4n) is 2.44. The first kappa shape index (κ1) is 19.4. The van der Waals surface area contributed by atoms with E-state index in [2.05, 4.69) is 20.6 Å². The molecule has 0 spiro atoms. The Morgan fingerprint density at radius 1 is 1.07 bits per heavy atom. The van der Waals surface area contributed by atoms with Crippen molar-refractivity contribution < 1.29 is 14.3 Å². The highest BCUT2D eigenvalue weighted by atomic mass is 35.5. The van der Waals surface area contributed by atoms with Crippen LogP contribution in [0.25, 0.3) is 0 Å². The van der Waals surface area contributed by atoms with Crippen LogP contribution in [0.1, 0.15) is 17.4 Å². The molecule has 1 amide bonds. The number of nitrogens with one attached hydrogen (secondary N) is 2. The van der Waals surface area contributed by atoms with Gasteiger partial charge in [-0.3, -0.25) is 4.79 Å². The van der Waals surface area contributed by atoms with Gasteiger partial charge in [0.25, 0.3) is 5.91 Å². The minimum absolute atomic E-state index is 0.228. The zero-order valence-electron chi connectivity index (χ0n) is 15.4. The molecule has 0 bridgehead atoms. The second-order valence-electron chi connectivity index (χ2n) is 5.67. The number of methoxy groups -OCH3 is 1. The van der Waals surface area contributed by atoms with Gasteiger partial charge in [0.1, 0.15) is 29.3 Å². The Balaban J connectivity index is 1.69. The monoisotopic (exact) mass is 398 g/mol. The fourth-order valence-corrected chi connectivity index (χ4v) is 2.70. The van der Waals surface area contributed by atoms with Crippen LogP contribution < -0.4 is 20.1 Å². The summed E-state index contributed by atoms with van der Waals surface area (Å²) in [5, 5.41) is 6.35. The van der Waals surface area contributed by atoms with Crippen molar-refractivity contribution in [2.75, 3.05) is 24.4 Å². The summed E-state index contributed by atoms with van der Waals surface area (Å²) in [6.45, 7) is 2.50. The van der Waals surface area contributed by atoms with Crippen molar-refractivity contribution in [3.8, 4) is 11.5 Å². The standard InChI is InChI=1S/C20H19ClN4O3/c1-3-28-15-7-4-13(5-8-15)25-20(26)17-11-19(23-12-22-17)24-14-6-9-18(27-2)16(21)10-14/h4-12H,3H2,1-2H3,(H,25,26)(H,22,23,24). The SMILES string of the molecule is CCOc1ccc(NC(=O)c2cc(Nc3ccc(OC)c(Cl)c3)ncn2)cc1. The van der Waals surface area contributed by atoms with Crippen molar-refractivity contribution in [1.29, 1.82) is 0 Å². The molecule has 0 atom stereocenters. The Bertz CT molecular complexity index is 964. The smallest absolute Gasteiger partial charge is 0.274 e. The molecule has 0 aliphatic heterocycles. The number of hydrogen-bond acceptors (Lipinski definition) is 6. The quantitative estimate of drug-likeness (QED) is 0.608. The summed E-state index contributed by atoms with van der Waals surface area (Å²) < 4.78 is 10.5. The molecule has 2 N–H and O–H groups in total. The van der Waals surface area contributed by atoms with Crippen molar-refractivity contribution in [1.82, 2.24) is 9.97 Å². The third-order valence-corrected chi connectivity index (χ3v) is 4.04. The second kappa shape index (κ2) is 9.05. The first-order chi connectivity index (χ1) is 13.6. The minimum Gasteiger partial charge on any atom is -0.495 e. The summed E-state index contributed by atoms with van der Waals surface area (Å²) in [5.41, 5.74) is 1.58. The average Bonchev–Trinajstić information content (AvgIpc) is 2.70. The number of benzene rings is 2. The van der Waals surface area contributed by atoms with Crippen LogP contribution in [0.5, 0.6) is 11.5 Å². The number of ether oxygens (including phenoxy) is 2. The van der Waals surface area contributed by atoms with Crippen LogP contribution in [0.3, 0.4) is 0 Å². The third kappa shape index (κ3) is 4.89. The maximum atomic E-state index is 12.5. The Morgan fingerprint density at radius 2 is 1.82 bits per heavy atom. The molecule has 1 heterocycles. The fraction of sp³-hybridized carbons (Fsp3) is 0.150. The molecule has 7 nitrogen and oxygen atoms in total. The third-order valence-electron chi connectivity index (χ3n) is 3.75. The van der Waals surface area contributed by atoms with Crippen LogP contribution in [0, 0.1) is 0 Å².